The minimum absolute atomic E-state index is 0.00719. The second kappa shape index (κ2) is 7.57. The lowest BCUT2D eigenvalue weighted by atomic mass is 10.1. The summed E-state index contributed by atoms with van der Waals surface area (Å²) in [5, 5.41) is 4.05. The number of aromatic nitrogens is 3. The van der Waals surface area contributed by atoms with Crippen LogP contribution >= 0.6 is 0 Å². The molecule has 0 aliphatic rings. The van der Waals surface area contributed by atoms with E-state index in [1.54, 1.807) is 29.0 Å². The van der Waals surface area contributed by atoms with E-state index in [4.69, 9.17) is 4.74 Å². The summed E-state index contributed by atoms with van der Waals surface area (Å²) in [5.74, 6) is 0.0683. The number of esters is 1. The molecule has 0 saturated heterocycles. The molecule has 1 N–H and O–H groups in total. The van der Waals surface area contributed by atoms with Crippen molar-refractivity contribution in [1.82, 2.24) is 14.5 Å². The lowest BCUT2D eigenvalue weighted by Crippen LogP contribution is -2.22. The Hall–Kier alpha value is -3.22. The first-order valence-electron chi connectivity index (χ1n) is 8.74. The van der Waals surface area contributed by atoms with Gasteiger partial charge in [-0.3, -0.25) is 9.36 Å². The van der Waals surface area contributed by atoms with Crippen molar-refractivity contribution in [1.29, 1.82) is 0 Å². The van der Waals surface area contributed by atoms with Crippen LogP contribution in [0.15, 0.2) is 47.4 Å². The predicted molar refractivity (Wildman–Crippen MR) is 104 cm³/mol. The molecular formula is C20H22N4O3. The van der Waals surface area contributed by atoms with Gasteiger partial charge in [0.05, 0.1) is 18.7 Å². The maximum absolute atomic E-state index is 12.2. The monoisotopic (exact) mass is 366 g/mol. The number of carbonyl (C=O) groups is 1. The maximum atomic E-state index is 12.2. The summed E-state index contributed by atoms with van der Waals surface area (Å²) >= 11 is 0. The molecule has 0 spiro atoms. The largest absolute Gasteiger partial charge is 0.465 e. The summed E-state index contributed by atoms with van der Waals surface area (Å²) in [6.07, 6.45) is 1.70. The van der Waals surface area contributed by atoms with Crippen molar-refractivity contribution in [2.75, 3.05) is 12.4 Å². The third kappa shape index (κ3) is 3.81. The minimum atomic E-state index is -0.369. The molecule has 0 amide bonds. The zero-order valence-electron chi connectivity index (χ0n) is 15.8. The van der Waals surface area contributed by atoms with Gasteiger partial charge in [-0.25, -0.2) is 9.78 Å². The first kappa shape index (κ1) is 18.6. The fourth-order valence-corrected chi connectivity index (χ4v) is 2.91. The summed E-state index contributed by atoms with van der Waals surface area (Å²) in [4.78, 5) is 32.6. The molecule has 0 fully saturated rings. The molecule has 0 aliphatic heterocycles. The van der Waals surface area contributed by atoms with Crippen molar-refractivity contribution in [3.8, 4) is 0 Å². The van der Waals surface area contributed by atoms with Crippen molar-refractivity contribution < 1.29 is 9.53 Å². The number of fused-ring (bicyclic) bond motifs is 1. The first-order chi connectivity index (χ1) is 12.9. The number of ether oxygens (including phenoxy) is 1. The van der Waals surface area contributed by atoms with E-state index in [1.807, 2.05) is 32.9 Å². The molecule has 0 unspecified atom stereocenters. The molecule has 2 aromatic heterocycles. The number of rotatable bonds is 5. The molecule has 0 radical (unpaired) electrons. The molecule has 1 aromatic carbocycles. The molecule has 140 valence electrons. The van der Waals surface area contributed by atoms with Crippen molar-refractivity contribution in [2.45, 2.75) is 32.9 Å². The van der Waals surface area contributed by atoms with Gasteiger partial charge in [-0.15, -0.1) is 0 Å². The van der Waals surface area contributed by atoms with E-state index in [0.717, 1.165) is 10.9 Å². The fourth-order valence-electron chi connectivity index (χ4n) is 2.91. The van der Waals surface area contributed by atoms with Gasteiger partial charge < -0.3 is 10.1 Å². The molecule has 1 atom stereocenters. The predicted octanol–water partition coefficient (Wildman–Crippen LogP) is 3.33. The average Bonchev–Trinajstić information content (AvgIpc) is 2.66. The van der Waals surface area contributed by atoms with Gasteiger partial charge in [0.15, 0.2) is 0 Å². The summed E-state index contributed by atoms with van der Waals surface area (Å²) < 4.78 is 6.36. The molecule has 7 heteroatoms. The van der Waals surface area contributed by atoms with E-state index in [-0.39, 0.29) is 23.6 Å². The van der Waals surface area contributed by atoms with Gasteiger partial charge in [0, 0.05) is 23.7 Å². The normalized spacial score (nSPS) is 12.2. The van der Waals surface area contributed by atoms with Crippen LogP contribution in [-0.2, 0) is 4.74 Å². The van der Waals surface area contributed by atoms with E-state index >= 15 is 0 Å². The molecule has 0 saturated carbocycles. The van der Waals surface area contributed by atoms with E-state index in [0.29, 0.717) is 17.2 Å². The minimum Gasteiger partial charge on any atom is -0.465 e. The van der Waals surface area contributed by atoms with Crippen LogP contribution in [0.3, 0.4) is 0 Å². The number of anilines is 1. The molecule has 3 aromatic rings. The van der Waals surface area contributed by atoms with Crippen molar-refractivity contribution in [3.05, 3.63) is 64.1 Å². The molecular weight excluding hydrogens is 344 g/mol. The highest BCUT2D eigenvalue weighted by Gasteiger charge is 2.12. The smallest absolute Gasteiger partial charge is 0.337 e. The molecule has 27 heavy (non-hydrogen) atoms. The van der Waals surface area contributed by atoms with E-state index in [1.165, 1.54) is 13.2 Å². The molecule has 7 nitrogen and oxygen atoms in total. The number of hydrogen-bond donors (Lipinski definition) is 1. The Morgan fingerprint density at radius 1 is 1.11 bits per heavy atom. The molecule has 2 heterocycles. The Morgan fingerprint density at radius 2 is 1.81 bits per heavy atom. The Bertz CT molecular complexity index is 1030. The second-order valence-corrected chi connectivity index (χ2v) is 6.59. The van der Waals surface area contributed by atoms with Crippen LogP contribution in [0.4, 0.5) is 5.95 Å². The van der Waals surface area contributed by atoms with Gasteiger partial charge in [0.1, 0.15) is 5.65 Å². The van der Waals surface area contributed by atoms with Crippen LogP contribution in [0.1, 0.15) is 48.8 Å². The number of benzene rings is 1. The summed E-state index contributed by atoms with van der Waals surface area (Å²) in [6, 6.07) is 10.3. The van der Waals surface area contributed by atoms with Crippen LogP contribution < -0.4 is 10.9 Å². The topological polar surface area (TPSA) is 86.1 Å². The Balaban J connectivity index is 1.88. The number of methoxy groups -OCH3 is 1. The quantitative estimate of drug-likeness (QED) is 0.697. The Labute approximate surface area is 157 Å². The first-order valence-corrected chi connectivity index (χ1v) is 8.74. The Kier molecular flexibility index (Phi) is 5.21. The zero-order chi connectivity index (χ0) is 19.6. The van der Waals surface area contributed by atoms with Crippen LogP contribution in [0.2, 0.25) is 0 Å². The van der Waals surface area contributed by atoms with Gasteiger partial charge in [-0.05, 0) is 44.5 Å². The van der Waals surface area contributed by atoms with Gasteiger partial charge in [0.2, 0.25) is 5.95 Å². The SMILES string of the molecule is COC(=O)c1ccc([C@H](C)Nc2ncc3ccc(=O)n(C(C)C)c3n2)cc1. The zero-order valence-corrected chi connectivity index (χ0v) is 15.8. The highest BCUT2D eigenvalue weighted by molar-refractivity contribution is 5.89. The van der Waals surface area contributed by atoms with Gasteiger partial charge >= 0.3 is 5.97 Å². The molecule has 0 aliphatic carbocycles. The van der Waals surface area contributed by atoms with E-state index in [9.17, 15) is 9.59 Å². The van der Waals surface area contributed by atoms with Gasteiger partial charge in [-0.2, -0.15) is 4.98 Å². The fraction of sp³-hybridized carbons (Fsp3) is 0.300. The summed E-state index contributed by atoms with van der Waals surface area (Å²) in [7, 11) is 1.36. The highest BCUT2D eigenvalue weighted by Crippen LogP contribution is 2.20. The van der Waals surface area contributed by atoms with Crippen LogP contribution in [0, 0.1) is 0 Å². The summed E-state index contributed by atoms with van der Waals surface area (Å²) in [6.45, 7) is 5.87. The standard InChI is InChI=1S/C20H22N4O3/c1-12(2)24-17(25)10-9-16-11-21-20(23-18(16)24)22-13(3)14-5-7-15(8-6-14)19(26)27-4/h5-13H,1-4H3,(H,21,22,23)/t13-/m0/s1. The number of pyridine rings is 1. The van der Waals surface area contributed by atoms with Gasteiger partial charge in [-0.1, -0.05) is 12.1 Å². The van der Waals surface area contributed by atoms with E-state index < -0.39 is 0 Å². The molecule has 0 bridgehead atoms. The van der Waals surface area contributed by atoms with Crippen LogP contribution in [-0.4, -0.2) is 27.6 Å². The van der Waals surface area contributed by atoms with E-state index in [2.05, 4.69) is 15.3 Å². The maximum Gasteiger partial charge on any atom is 0.337 e. The Morgan fingerprint density at radius 3 is 2.44 bits per heavy atom. The number of nitrogens with one attached hydrogen (secondary N) is 1. The third-order valence-corrected chi connectivity index (χ3v) is 4.36. The van der Waals surface area contributed by atoms with Gasteiger partial charge in [0.25, 0.3) is 5.56 Å². The second-order valence-electron chi connectivity index (χ2n) is 6.59. The van der Waals surface area contributed by atoms with Crippen molar-refractivity contribution in [2.24, 2.45) is 0 Å². The lowest BCUT2D eigenvalue weighted by molar-refractivity contribution is 0.0600. The number of hydrogen-bond acceptors (Lipinski definition) is 6. The highest BCUT2D eigenvalue weighted by atomic mass is 16.5. The van der Waals surface area contributed by atoms with Crippen LogP contribution in [0.25, 0.3) is 11.0 Å². The van der Waals surface area contributed by atoms with Crippen molar-refractivity contribution >= 4 is 23.0 Å². The van der Waals surface area contributed by atoms with Crippen molar-refractivity contribution in [3.63, 3.8) is 0 Å². The summed E-state index contributed by atoms with van der Waals surface area (Å²) in [5.41, 5.74) is 1.98. The third-order valence-electron chi connectivity index (χ3n) is 4.36. The lowest BCUT2D eigenvalue weighted by Gasteiger charge is -2.16. The number of carbonyl (C=O) groups excluding carboxylic acids is 1. The molecule has 3 rings (SSSR count). The average molecular weight is 366 g/mol. The van der Waals surface area contributed by atoms with Crippen LogP contribution in [0.5, 0.6) is 0 Å². The number of nitrogens with zero attached hydrogens (tertiary/aromatic N) is 3.